The highest BCUT2D eigenvalue weighted by molar-refractivity contribution is 7.90. The summed E-state index contributed by atoms with van der Waals surface area (Å²) in [6.07, 6.45) is 2.99. The first-order valence-corrected chi connectivity index (χ1v) is 13.1. The number of sulfonamides is 2. The predicted molar refractivity (Wildman–Crippen MR) is 115 cm³/mol. The number of amides is 1. The van der Waals surface area contributed by atoms with Gasteiger partial charge in [0.05, 0.1) is 10.6 Å². The van der Waals surface area contributed by atoms with Crippen molar-refractivity contribution in [2.24, 2.45) is 4.40 Å². The van der Waals surface area contributed by atoms with Gasteiger partial charge >= 0.3 is 0 Å². The van der Waals surface area contributed by atoms with Crippen LogP contribution in [0, 0.1) is 0 Å². The number of hydrogen-bond donors (Lipinski definition) is 1. The van der Waals surface area contributed by atoms with Gasteiger partial charge in [-0.25, -0.2) is 8.42 Å². The van der Waals surface area contributed by atoms with Gasteiger partial charge in [0.15, 0.2) is 0 Å². The molecule has 0 aliphatic carbocycles. The predicted octanol–water partition coefficient (Wildman–Crippen LogP) is 1.64. The molecule has 30 heavy (non-hydrogen) atoms. The summed E-state index contributed by atoms with van der Waals surface area (Å²) in [6, 6.07) is 5.10. The SMILES string of the molecule is CCCS(=O)(=O)N1CCCC1C(=O)Nc1cccc(S(=O)(=O)/N=C2/CCCN2C)c1. The number of hydrogen-bond acceptors (Lipinski definition) is 5. The fourth-order valence-corrected chi connectivity index (χ4v) is 6.66. The summed E-state index contributed by atoms with van der Waals surface area (Å²) in [5.74, 6) is 0.0648. The van der Waals surface area contributed by atoms with Gasteiger partial charge in [-0.1, -0.05) is 13.0 Å². The van der Waals surface area contributed by atoms with Crippen molar-refractivity contribution < 1.29 is 21.6 Å². The Bertz CT molecular complexity index is 1040. The molecule has 0 radical (unpaired) electrons. The number of rotatable bonds is 7. The zero-order chi connectivity index (χ0) is 21.9. The first-order valence-electron chi connectivity index (χ1n) is 10.1. The minimum Gasteiger partial charge on any atom is -0.362 e. The maximum absolute atomic E-state index is 12.8. The van der Waals surface area contributed by atoms with E-state index in [0.29, 0.717) is 43.8 Å². The van der Waals surface area contributed by atoms with Crippen LogP contribution >= 0.6 is 0 Å². The molecule has 1 atom stereocenters. The molecule has 1 amide bonds. The molecule has 0 aromatic heterocycles. The summed E-state index contributed by atoms with van der Waals surface area (Å²) in [5, 5.41) is 2.67. The molecular weight excluding hydrogens is 428 g/mol. The number of carbonyl (C=O) groups is 1. The summed E-state index contributed by atoms with van der Waals surface area (Å²) in [5.41, 5.74) is 0.292. The Morgan fingerprint density at radius 1 is 1.20 bits per heavy atom. The Hall–Kier alpha value is -1.98. The second-order valence-corrected chi connectivity index (χ2v) is 11.3. The third kappa shape index (κ3) is 5.01. The van der Waals surface area contributed by atoms with E-state index in [1.165, 1.54) is 22.5 Å². The summed E-state index contributed by atoms with van der Waals surface area (Å²) < 4.78 is 55.4. The smallest absolute Gasteiger partial charge is 0.284 e. The van der Waals surface area contributed by atoms with Crippen molar-refractivity contribution in [3.63, 3.8) is 0 Å². The quantitative estimate of drug-likeness (QED) is 0.667. The van der Waals surface area contributed by atoms with E-state index in [2.05, 4.69) is 9.71 Å². The minimum atomic E-state index is -3.91. The lowest BCUT2D eigenvalue weighted by atomic mass is 10.2. The lowest BCUT2D eigenvalue weighted by Crippen LogP contribution is -2.44. The number of nitrogens with zero attached hydrogens (tertiary/aromatic N) is 3. The summed E-state index contributed by atoms with van der Waals surface area (Å²) >= 11 is 0. The summed E-state index contributed by atoms with van der Waals surface area (Å²) in [6.45, 7) is 2.87. The third-order valence-corrected chi connectivity index (χ3v) is 8.66. The Labute approximate surface area is 178 Å². The molecule has 1 aromatic carbocycles. The molecule has 0 bridgehead atoms. The Kier molecular flexibility index (Phi) is 6.83. The standard InChI is InChI=1S/C19H28N4O5S2/c1-3-13-29(25,26)23-12-5-9-17(23)19(24)20-15-7-4-8-16(14-15)30(27,28)21-18-10-6-11-22(18)2/h4,7-8,14,17H,3,5-6,9-13H2,1-2H3,(H,20,24)/b21-18-. The Morgan fingerprint density at radius 3 is 2.63 bits per heavy atom. The van der Waals surface area contributed by atoms with Crippen LogP contribution in [0.4, 0.5) is 5.69 Å². The van der Waals surface area contributed by atoms with E-state index in [4.69, 9.17) is 0 Å². The van der Waals surface area contributed by atoms with Gasteiger partial charge in [0.25, 0.3) is 10.0 Å². The minimum absolute atomic E-state index is 0.000702. The van der Waals surface area contributed by atoms with Gasteiger partial charge in [0.2, 0.25) is 15.9 Å². The van der Waals surface area contributed by atoms with Crippen LogP contribution in [0.2, 0.25) is 0 Å². The number of likely N-dealkylation sites (tertiary alicyclic amines) is 1. The molecule has 1 N–H and O–H groups in total. The van der Waals surface area contributed by atoms with Gasteiger partial charge in [-0.05, 0) is 43.9 Å². The van der Waals surface area contributed by atoms with Crippen LogP contribution in [-0.4, -0.2) is 69.7 Å². The van der Waals surface area contributed by atoms with Crippen molar-refractivity contribution in [3.05, 3.63) is 24.3 Å². The van der Waals surface area contributed by atoms with Crippen molar-refractivity contribution in [1.29, 1.82) is 0 Å². The molecule has 9 nitrogen and oxygen atoms in total. The summed E-state index contributed by atoms with van der Waals surface area (Å²) in [4.78, 5) is 14.6. The number of anilines is 1. The number of nitrogens with one attached hydrogen (secondary N) is 1. The second kappa shape index (κ2) is 9.03. The van der Waals surface area contributed by atoms with Crippen molar-refractivity contribution in [2.45, 2.75) is 50.0 Å². The zero-order valence-electron chi connectivity index (χ0n) is 17.2. The molecule has 3 rings (SSSR count). The first kappa shape index (κ1) is 22.7. The van der Waals surface area contributed by atoms with E-state index in [1.807, 2.05) is 4.90 Å². The van der Waals surface area contributed by atoms with Crippen LogP contribution in [0.25, 0.3) is 0 Å². The van der Waals surface area contributed by atoms with Gasteiger partial charge < -0.3 is 10.2 Å². The van der Waals surface area contributed by atoms with Gasteiger partial charge in [0.1, 0.15) is 11.9 Å². The van der Waals surface area contributed by atoms with Crippen molar-refractivity contribution >= 4 is 37.5 Å². The van der Waals surface area contributed by atoms with Gasteiger partial charge in [-0.15, -0.1) is 4.40 Å². The van der Waals surface area contributed by atoms with Crippen molar-refractivity contribution in [2.75, 3.05) is 31.2 Å². The first-order chi connectivity index (χ1) is 14.1. The highest BCUT2D eigenvalue weighted by Gasteiger charge is 2.38. The monoisotopic (exact) mass is 456 g/mol. The molecule has 1 unspecified atom stereocenters. The molecule has 2 fully saturated rings. The molecule has 0 saturated carbocycles. The van der Waals surface area contributed by atoms with Crippen LogP contribution in [0.3, 0.4) is 0 Å². The number of benzene rings is 1. The average Bonchev–Trinajstić information content (AvgIpc) is 3.32. The molecule has 166 valence electrons. The van der Waals surface area contributed by atoms with Crippen molar-refractivity contribution in [1.82, 2.24) is 9.21 Å². The summed E-state index contributed by atoms with van der Waals surface area (Å²) in [7, 11) is -5.60. The van der Waals surface area contributed by atoms with Gasteiger partial charge in [-0.3, -0.25) is 4.79 Å². The Balaban J connectivity index is 1.77. The topological polar surface area (TPSA) is 116 Å². The molecule has 2 aliphatic heterocycles. The van der Waals surface area contributed by atoms with Crippen LogP contribution in [0.1, 0.15) is 39.0 Å². The molecule has 1 aromatic rings. The largest absolute Gasteiger partial charge is 0.362 e. The van der Waals surface area contributed by atoms with E-state index in [0.717, 1.165) is 13.0 Å². The molecule has 11 heteroatoms. The lowest BCUT2D eigenvalue weighted by Gasteiger charge is -2.23. The van der Waals surface area contributed by atoms with E-state index in [-0.39, 0.29) is 10.6 Å². The molecule has 0 spiro atoms. The van der Waals surface area contributed by atoms with E-state index in [1.54, 1.807) is 20.0 Å². The third-order valence-electron chi connectivity index (χ3n) is 5.29. The highest BCUT2D eigenvalue weighted by atomic mass is 32.2. The fourth-order valence-electron chi connectivity index (χ4n) is 3.77. The zero-order valence-corrected chi connectivity index (χ0v) is 18.9. The average molecular weight is 457 g/mol. The maximum atomic E-state index is 12.8. The van der Waals surface area contributed by atoms with Crippen LogP contribution in [0.5, 0.6) is 0 Å². The normalized spacial score (nSPS) is 22.0. The fraction of sp³-hybridized carbons (Fsp3) is 0.579. The molecule has 2 heterocycles. The van der Waals surface area contributed by atoms with E-state index in [9.17, 15) is 21.6 Å². The van der Waals surface area contributed by atoms with Crippen LogP contribution in [0.15, 0.2) is 33.6 Å². The molecule has 2 aliphatic rings. The number of carbonyl (C=O) groups excluding carboxylic acids is 1. The van der Waals surface area contributed by atoms with Crippen LogP contribution in [-0.2, 0) is 24.8 Å². The van der Waals surface area contributed by atoms with Gasteiger partial charge in [-0.2, -0.15) is 12.7 Å². The maximum Gasteiger partial charge on any atom is 0.284 e. The van der Waals surface area contributed by atoms with E-state index >= 15 is 0 Å². The van der Waals surface area contributed by atoms with Gasteiger partial charge in [0, 0.05) is 32.2 Å². The molecular formula is C19H28N4O5S2. The second-order valence-electron chi connectivity index (χ2n) is 7.61. The van der Waals surface area contributed by atoms with E-state index < -0.39 is 32.0 Å². The Morgan fingerprint density at radius 2 is 1.97 bits per heavy atom. The van der Waals surface area contributed by atoms with Crippen LogP contribution < -0.4 is 5.32 Å². The molecule has 2 saturated heterocycles. The lowest BCUT2D eigenvalue weighted by molar-refractivity contribution is -0.119. The van der Waals surface area contributed by atoms with Crippen molar-refractivity contribution in [3.8, 4) is 0 Å². The highest BCUT2D eigenvalue weighted by Crippen LogP contribution is 2.25. The number of amidine groups is 1.